The molecule has 8 nitrogen and oxygen atoms in total. The van der Waals surface area contributed by atoms with Crippen LogP contribution in [-0.4, -0.2) is 56.8 Å². The van der Waals surface area contributed by atoms with Crippen molar-refractivity contribution in [3.05, 3.63) is 53.4 Å². The summed E-state index contributed by atoms with van der Waals surface area (Å²) in [5.74, 6) is -0.107. The number of hydrogen-bond donors (Lipinski definition) is 1. The number of aromatic nitrogens is 4. The molecule has 4 rings (SSSR count). The fourth-order valence-corrected chi connectivity index (χ4v) is 4.61. The van der Waals surface area contributed by atoms with Crippen molar-refractivity contribution < 1.29 is 13.9 Å². The zero-order valence-electron chi connectivity index (χ0n) is 21.2. The van der Waals surface area contributed by atoms with E-state index in [-0.39, 0.29) is 22.9 Å². The Balaban J connectivity index is 1.42. The first kappa shape index (κ1) is 24.6. The highest BCUT2D eigenvalue weighted by atomic mass is 19.1. The summed E-state index contributed by atoms with van der Waals surface area (Å²) in [5, 5.41) is 7.90. The van der Waals surface area contributed by atoms with Gasteiger partial charge in [-0.05, 0) is 51.7 Å². The van der Waals surface area contributed by atoms with Crippen molar-refractivity contribution in [2.45, 2.75) is 51.5 Å². The number of amides is 1. The maximum Gasteiger partial charge on any atom is 0.229 e. The van der Waals surface area contributed by atoms with E-state index in [1.54, 1.807) is 23.6 Å². The van der Waals surface area contributed by atoms with Crippen LogP contribution in [0.25, 0.3) is 11.1 Å². The van der Waals surface area contributed by atoms with Crippen LogP contribution in [0.3, 0.4) is 0 Å². The van der Waals surface area contributed by atoms with Crippen LogP contribution in [0.5, 0.6) is 5.88 Å². The number of ether oxygens (including phenoxy) is 1. The fraction of sp³-hybridized carbons (Fsp3) is 0.462. The Kier molecular flexibility index (Phi) is 6.78. The van der Waals surface area contributed by atoms with Gasteiger partial charge in [0.05, 0.1) is 25.4 Å². The fourth-order valence-electron chi connectivity index (χ4n) is 4.61. The number of carbonyl (C=O) groups is 1. The number of anilines is 1. The van der Waals surface area contributed by atoms with Crippen LogP contribution in [0.4, 0.5) is 10.2 Å². The number of methoxy groups -OCH3 is 1. The monoisotopic (exact) mass is 480 g/mol. The zero-order chi connectivity index (χ0) is 25.3. The second kappa shape index (κ2) is 9.64. The minimum atomic E-state index is -0.639. The Morgan fingerprint density at radius 3 is 2.83 bits per heavy atom. The summed E-state index contributed by atoms with van der Waals surface area (Å²) in [6.07, 6.45) is 7.52. The first-order valence-electron chi connectivity index (χ1n) is 11.8. The molecule has 0 radical (unpaired) electrons. The number of nitrogens with one attached hydrogen (secondary N) is 1. The Hall–Kier alpha value is -3.49. The molecule has 0 bridgehead atoms. The summed E-state index contributed by atoms with van der Waals surface area (Å²) in [7, 11) is 5.14. The van der Waals surface area contributed by atoms with E-state index in [1.165, 1.54) is 18.7 Å². The number of nitrogens with zero attached hydrogens (tertiary/aromatic N) is 5. The molecule has 1 aliphatic rings. The van der Waals surface area contributed by atoms with Gasteiger partial charge in [-0.15, -0.1) is 0 Å². The number of rotatable bonds is 7. The van der Waals surface area contributed by atoms with Gasteiger partial charge in [-0.3, -0.25) is 9.48 Å². The zero-order valence-corrected chi connectivity index (χ0v) is 21.2. The third-order valence-corrected chi connectivity index (χ3v) is 6.96. The third kappa shape index (κ3) is 5.13. The molecule has 2 atom stereocenters. The van der Waals surface area contributed by atoms with Gasteiger partial charge < -0.3 is 15.0 Å². The molecule has 3 aromatic heterocycles. The second-order valence-electron chi connectivity index (χ2n) is 9.70. The van der Waals surface area contributed by atoms with Crippen molar-refractivity contribution in [1.82, 2.24) is 24.6 Å². The topological polar surface area (TPSA) is 85.2 Å². The Labute approximate surface area is 205 Å². The van der Waals surface area contributed by atoms with Crippen molar-refractivity contribution in [3.63, 3.8) is 0 Å². The summed E-state index contributed by atoms with van der Waals surface area (Å²) >= 11 is 0. The van der Waals surface area contributed by atoms with Crippen molar-refractivity contribution in [2.24, 2.45) is 7.05 Å². The molecular weight excluding hydrogens is 447 g/mol. The van der Waals surface area contributed by atoms with E-state index < -0.39 is 11.7 Å². The number of pyridine rings is 2. The third-order valence-electron chi connectivity index (χ3n) is 6.96. The molecule has 0 spiro atoms. The molecule has 0 saturated heterocycles. The van der Waals surface area contributed by atoms with Crippen LogP contribution in [0.15, 0.2) is 30.7 Å². The van der Waals surface area contributed by atoms with E-state index in [1.807, 2.05) is 26.4 Å². The lowest BCUT2D eigenvalue weighted by Gasteiger charge is -2.38. The van der Waals surface area contributed by atoms with Crippen LogP contribution in [-0.2, 0) is 18.3 Å². The molecule has 1 N–H and O–H groups in total. The molecule has 1 aliphatic heterocycles. The number of aryl methyl sites for hydroxylation is 3. The predicted molar refractivity (Wildman–Crippen MR) is 133 cm³/mol. The van der Waals surface area contributed by atoms with Gasteiger partial charge in [0.25, 0.3) is 0 Å². The van der Waals surface area contributed by atoms with Crippen LogP contribution in [0.1, 0.15) is 49.4 Å². The molecule has 9 heteroatoms. The number of fused-ring (bicyclic) bond motifs is 1. The van der Waals surface area contributed by atoms with Crippen molar-refractivity contribution in [1.29, 1.82) is 0 Å². The lowest BCUT2D eigenvalue weighted by Crippen LogP contribution is -2.43. The minimum Gasteiger partial charge on any atom is -0.481 e. The predicted octanol–water partition coefficient (Wildman–Crippen LogP) is 4.10. The standard InChI is InChI=1S/C26H33FN6O2/c1-16(20-12-23(35-6)28-14-22(20)27)25(34)32(4)10-9-26(3)8-7-18-11-21(17(2)30-24(18)31-26)19-13-29-33(5)15-19/h11-16H,7-10H2,1-6H3,(H,30,31)/t16-,26-/m1/s1. The molecule has 0 fully saturated rings. The Morgan fingerprint density at radius 2 is 2.14 bits per heavy atom. The normalized spacial score (nSPS) is 17.9. The number of hydrogen-bond acceptors (Lipinski definition) is 6. The van der Waals surface area contributed by atoms with E-state index in [0.29, 0.717) is 6.54 Å². The molecule has 0 saturated carbocycles. The maximum atomic E-state index is 14.3. The smallest absolute Gasteiger partial charge is 0.229 e. The molecule has 0 unspecified atom stereocenters. The molecule has 0 aromatic carbocycles. The van der Waals surface area contributed by atoms with Gasteiger partial charge in [-0.1, -0.05) is 0 Å². The van der Waals surface area contributed by atoms with Gasteiger partial charge in [0, 0.05) is 60.8 Å². The summed E-state index contributed by atoms with van der Waals surface area (Å²) in [4.78, 5) is 23.4. The number of halogens is 1. The summed E-state index contributed by atoms with van der Waals surface area (Å²) < 4.78 is 21.2. The second-order valence-corrected chi connectivity index (χ2v) is 9.70. The average molecular weight is 481 g/mol. The number of likely N-dealkylation sites (N-methyl/N-ethyl adjacent to an activating group) is 1. The van der Waals surface area contributed by atoms with E-state index in [0.717, 1.165) is 48.1 Å². The van der Waals surface area contributed by atoms with Crippen LogP contribution >= 0.6 is 0 Å². The molecule has 186 valence electrons. The molecule has 3 aromatic rings. The first-order chi connectivity index (χ1) is 16.6. The maximum absolute atomic E-state index is 14.3. The van der Waals surface area contributed by atoms with Crippen LogP contribution < -0.4 is 10.1 Å². The average Bonchev–Trinajstić information content (AvgIpc) is 3.27. The Bertz CT molecular complexity index is 1240. The number of carbonyl (C=O) groups excluding carboxylic acids is 1. The van der Waals surface area contributed by atoms with Gasteiger partial charge in [0.1, 0.15) is 11.6 Å². The molecule has 35 heavy (non-hydrogen) atoms. The van der Waals surface area contributed by atoms with Crippen molar-refractivity contribution in [2.75, 3.05) is 26.0 Å². The molecule has 4 heterocycles. The first-order valence-corrected chi connectivity index (χ1v) is 11.8. The van der Waals surface area contributed by atoms with Gasteiger partial charge in [-0.2, -0.15) is 5.10 Å². The van der Waals surface area contributed by atoms with Crippen LogP contribution in [0, 0.1) is 12.7 Å². The lowest BCUT2D eigenvalue weighted by atomic mass is 9.85. The lowest BCUT2D eigenvalue weighted by molar-refractivity contribution is -0.131. The minimum absolute atomic E-state index is 0.146. The van der Waals surface area contributed by atoms with E-state index >= 15 is 0 Å². The SMILES string of the molecule is COc1cc([C@@H](C)C(=O)N(C)CC[C@@]2(C)CCc3cc(-c4cnn(C)c4)c(C)nc3N2)c(F)cn1. The van der Waals surface area contributed by atoms with E-state index in [4.69, 9.17) is 9.72 Å². The highest BCUT2D eigenvalue weighted by molar-refractivity contribution is 5.83. The van der Waals surface area contributed by atoms with Gasteiger partial charge in [0.2, 0.25) is 11.8 Å². The summed E-state index contributed by atoms with van der Waals surface area (Å²) in [5.41, 5.74) is 4.38. The van der Waals surface area contributed by atoms with Gasteiger partial charge in [0.15, 0.2) is 0 Å². The van der Waals surface area contributed by atoms with Crippen LogP contribution in [0.2, 0.25) is 0 Å². The van der Waals surface area contributed by atoms with E-state index in [9.17, 15) is 9.18 Å². The van der Waals surface area contributed by atoms with Crippen molar-refractivity contribution in [3.8, 4) is 17.0 Å². The van der Waals surface area contributed by atoms with Gasteiger partial charge in [-0.25, -0.2) is 14.4 Å². The van der Waals surface area contributed by atoms with E-state index in [2.05, 4.69) is 28.4 Å². The highest BCUT2D eigenvalue weighted by Crippen LogP contribution is 2.35. The Morgan fingerprint density at radius 1 is 1.37 bits per heavy atom. The summed E-state index contributed by atoms with van der Waals surface area (Å²) in [6, 6.07) is 3.69. The summed E-state index contributed by atoms with van der Waals surface area (Å²) in [6.45, 7) is 6.42. The largest absolute Gasteiger partial charge is 0.481 e. The van der Waals surface area contributed by atoms with Crippen molar-refractivity contribution >= 4 is 11.7 Å². The van der Waals surface area contributed by atoms with Gasteiger partial charge >= 0.3 is 0 Å². The molecule has 1 amide bonds. The molecule has 0 aliphatic carbocycles. The quantitative estimate of drug-likeness (QED) is 0.548. The molecular formula is C26H33FN6O2. The highest BCUT2D eigenvalue weighted by Gasteiger charge is 2.32.